The summed E-state index contributed by atoms with van der Waals surface area (Å²) in [6.45, 7) is 6.48. The average Bonchev–Trinajstić information content (AvgIpc) is 2.93. The van der Waals surface area contributed by atoms with Crippen LogP contribution in [-0.2, 0) is 13.6 Å². The number of nitrogens with zero attached hydrogens (tertiary/aromatic N) is 3. The lowest BCUT2D eigenvalue weighted by atomic mass is 10.0. The van der Waals surface area contributed by atoms with E-state index in [1.54, 1.807) is 11.8 Å². The van der Waals surface area contributed by atoms with Gasteiger partial charge in [-0.3, -0.25) is 9.48 Å². The number of fused-ring (bicyclic) bond motifs is 1. The van der Waals surface area contributed by atoms with Crippen molar-refractivity contribution in [3.63, 3.8) is 0 Å². The molecule has 0 radical (unpaired) electrons. The monoisotopic (exact) mass is 352 g/mol. The van der Waals surface area contributed by atoms with E-state index >= 15 is 0 Å². The molecular formula is C20H24N4O2. The first-order valence-electron chi connectivity index (χ1n) is 8.66. The van der Waals surface area contributed by atoms with Gasteiger partial charge in [0.2, 0.25) is 0 Å². The van der Waals surface area contributed by atoms with Crippen molar-refractivity contribution in [1.29, 1.82) is 0 Å². The number of aryl methyl sites for hydroxylation is 2. The summed E-state index contributed by atoms with van der Waals surface area (Å²) < 4.78 is 6.89. The molecule has 2 aromatic heterocycles. The van der Waals surface area contributed by atoms with E-state index in [1.807, 2.05) is 44.3 Å². The van der Waals surface area contributed by atoms with Gasteiger partial charge in [0, 0.05) is 19.3 Å². The maximum Gasteiger partial charge on any atom is 0.252 e. The lowest BCUT2D eigenvalue weighted by Crippen LogP contribution is -2.23. The Bertz CT molecular complexity index is 943. The van der Waals surface area contributed by atoms with Crippen LogP contribution in [0, 0.1) is 6.92 Å². The first-order chi connectivity index (χ1) is 12.4. The van der Waals surface area contributed by atoms with Crippen LogP contribution in [0.1, 0.15) is 47.1 Å². The highest BCUT2D eigenvalue weighted by Crippen LogP contribution is 2.25. The summed E-state index contributed by atoms with van der Waals surface area (Å²) >= 11 is 0. The lowest BCUT2D eigenvalue weighted by Gasteiger charge is -2.11. The Morgan fingerprint density at radius 1 is 1.27 bits per heavy atom. The number of benzene rings is 1. The Morgan fingerprint density at radius 3 is 2.58 bits per heavy atom. The minimum Gasteiger partial charge on any atom is -0.497 e. The fourth-order valence-corrected chi connectivity index (χ4v) is 2.96. The zero-order valence-electron chi connectivity index (χ0n) is 15.8. The number of rotatable bonds is 5. The molecule has 0 saturated heterocycles. The van der Waals surface area contributed by atoms with Crippen LogP contribution in [-0.4, -0.2) is 27.8 Å². The van der Waals surface area contributed by atoms with Gasteiger partial charge in [-0.25, -0.2) is 4.98 Å². The Labute approximate surface area is 153 Å². The van der Waals surface area contributed by atoms with Crippen LogP contribution in [0.25, 0.3) is 11.0 Å². The van der Waals surface area contributed by atoms with Crippen molar-refractivity contribution < 1.29 is 9.53 Å². The van der Waals surface area contributed by atoms with Gasteiger partial charge in [-0.15, -0.1) is 0 Å². The fraction of sp³-hybridized carbons (Fsp3) is 0.350. The van der Waals surface area contributed by atoms with Gasteiger partial charge in [-0.1, -0.05) is 26.0 Å². The first-order valence-corrected chi connectivity index (χ1v) is 8.66. The predicted octanol–water partition coefficient (Wildman–Crippen LogP) is 3.34. The van der Waals surface area contributed by atoms with E-state index < -0.39 is 0 Å². The maximum absolute atomic E-state index is 12.9. The minimum atomic E-state index is -0.119. The quantitative estimate of drug-likeness (QED) is 0.765. The largest absolute Gasteiger partial charge is 0.497 e. The third-order valence-corrected chi connectivity index (χ3v) is 4.44. The molecule has 3 rings (SSSR count). The second-order valence-electron chi connectivity index (χ2n) is 6.69. The second kappa shape index (κ2) is 7.15. The van der Waals surface area contributed by atoms with Gasteiger partial charge in [-0.05, 0) is 36.6 Å². The zero-order chi connectivity index (χ0) is 18.8. The molecule has 6 nitrogen and oxygen atoms in total. The molecule has 3 aromatic rings. The average molecular weight is 352 g/mol. The Hall–Kier alpha value is -2.89. The van der Waals surface area contributed by atoms with Crippen LogP contribution in [0.3, 0.4) is 0 Å². The number of methoxy groups -OCH3 is 1. The standard InChI is InChI=1S/C20H24N4O2/c1-12(2)17-10-16(18-13(3)23-24(4)19(18)22-17)20(25)21-11-14-6-8-15(26-5)9-7-14/h6-10,12H,11H2,1-5H3,(H,21,25). The van der Waals surface area contributed by atoms with Crippen molar-refractivity contribution in [3.05, 3.63) is 52.8 Å². The van der Waals surface area contributed by atoms with Gasteiger partial charge in [0.05, 0.1) is 23.8 Å². The van der Waals surface area contributed by atoms with Crippen LogP contribution in [0.5, 0.6) is 5.75 Å². The summed E-state index contributed by atoms with van der Waals surface area (Å²) in [6, 6.07) is 9.53. The Morgan fingerprint density at radius 2 is 1.96 bits per heavy atom. The van der Waals surface area contributed by atoms with E-state index in [2.05, 4.69) is 29.2 Å². The lowest BCUT2D eigenvalue weighted by molar-refractivity contribution is 0.0952. The predicted molar refractivity (Wildman–Crippen MR) is 101 cm³/mol. The summed E-state index contributed by atoms with van der Waals surface area (Å²) in [5.41, 5.74) is 4.06. The molecule has 136 valence electrons. The molecule has 0 fully saturated rings. The molecule has 0 unspecified atom stereocenters. The summed E-state index contributed by atoms with van der Waals surface area (Å²) in [5.74, 6) is 0.900. The number of hydrogen-bond donors (Lipinski definition) is 1. The molecule has 0 aliphatic carbocycles. The number of ether oxygens (including phenoxy) is 1. The van der Waals surface area contributed by atoms with Gasteiger partial charge in [0.1, 0.15) is 5.75 Å². The topological polar surface area (TPSA) is 69.0 Å². The summed E-state index contributed by atoms with van der Waals surface area (Å²) in [7, 11) is 3.49. The molecule has 2 heterocycles. The van der Waals surface area contributed by atoms with E-state index in [1.165, 1.54) is 0 Å². The van der Waals surface area contributed by atoms with E-state index in [-0.39, 0.29) is 11.8 Å². The highest BCUT2D eigenvalue weighted by molar-refractivity contribution is 6.06. The van der Waals surface area contributed by atoms with Crippen molar-refractivity contribution in [3.8, 4) is 5.75 Å². The van der Waals surface area contributed by atoms with E-state index in [4.69, 9.17) is 4.74 Å². The number of carbonyl (C=O) groups excluding carboxylic acids is 1. The Balaban J connectivity index is 1.91. The second-order valence-corrected chi connectivity index (χ2v) is 6.69. The highest BCUT2D eigenvalue weighted by Gasteiger charge is 2.19. The molecule has 0 aliphatic rings. The molecule has 6 heteroatoms. The molecule has 0 atom stereocenters. The molecule has 0 saturated carbocycles. The van der Waals surface area contributed by atoms with Gasteiger partial charge in [0.25, 0.3) is 5.91 Å². The number of amides is 1. The normalized spacial score (nSPS) is 11.2. The van der Waals surface area contributed by atoms with Crippen LogP contribution >= 0.6 is 0 Å². The molecular weight excluding hydrogens is 328 g/mol. The maximum atomic E-state index is 12.9. The summed E-state index contributed by atoms with van der Waals surface area (Å²) in [6.07, 6.45) is 0. The van der Waals surface area contributed by atoms with Gasteiger partial charge < -0.3 is 10.1 Å². The smallest absolute Gasteiger partial charge is 0.252 e. The van der Waals surface area contributed by atoms with Gasteiger partial charge in [0.15, 0.2) is 5.65 Å². The van der Waals surface area contributed by atoms with Crippen molar-refractivity contribution in [1.82, 2.24) is 20.1 Å². The minimum absolute atomic E-state index is 0.119. The number of pyridine rings is 1. The van der Waals surface area contributed by atoms with Crippen LogP contribution in [0.4, 0.5) is 0 Å². The molecule has 1 N–H and O–H groups in total. The zero-order valence-corrected chi connectivity index (χ0v) is 15.8. The number of nitrogens with one attached hydrogen (secondary N) is 1. The fourth-order valence-electron chi connectivity index (χ4n) is 2.96. The first kappa shape index (κ1) is 17.9. The summed E-state index contributed by atoms with van der Waals surface area (Å²) in [4.78, 5) is 17.6. The SMILES string of the molecule is COc1ccc(CNC(=O)c2cc(C(C)C)nc3c2c(C)nn3C)cc1. The molecule has 1 amide bonds. The van der Waals surface area contributed by atoms with E-state index in [9.17, 15) is 4.79 Å². The molecule has 0 aliphatic heterocycles. The molecule has 0 spiro atoms. The Kier molecular flexibility index (Phi) is 4.93. The third-order valence-electron chi connectivity index (χ3n) is 4.44. The van der Waals surface area contributed by atoms with Crippen LogP contribution in [0.15, 0.2) is 30.3 Å². The van der Waals surface area contributed by atoms with Crippen LogP contribution in [0.2, 0.25) is 0 Å². The highest BCUT2D eigenvalue weighted by atomic mass is 16.5. The van der Waals surface area contributed by atoms with Gasteiger partial charge >= 0.3 is 0 Å². The van der Waals surface area contributed by atoms with Crippen molar-refractivity contribution in [2.75, 3.05) is 7.11 Å². The van der Waals surface area contributed by atoms with Crippen LogP contribution < -0.4 is 10.1 Å². The number of aromatic nitrogens is 3. The van der Waals surface area contributed by atoms with Gasteiger partial charge in [-0.2, -0.15) is 5.10 Å². The summed E-state index contributed by atoms with van der Waals surface area (Å²) in [5, 5.41) is 8.24. The van der Waals surface area contributed by atoms with E-state index in [0.717, 1.165) is 33.7 Å². The molecule has 1 aromatic carbocycles. The molecule has 0 bridgehead atoms. The van der Waals surface area contributed by atoms with Crippen molar-refractivity contribution in [2.45, 2.75) is 33.2 Å². The van der Waals surface area contributed by atoms with E-state index in [0.29, 0.717) is 12.1 Å². The van der Waals surface area contributed by atoms with Crippen molar-refractivity contribution in [2.24, 2.45) is 7.05 Å². The number of hydrogen-bond acceptors (Lipinski definition) is 4. The molecule has 26 heavy (non-hydrogen) atoms. The third kappa shape index (κ3) is 3.40. The van der Waals surface area contributed by atoms with Crippen molar-refractivity contribution >= 4 is 16.9 Å². The number of carbonyl (C=O) groups is 1.